The van der Waals surface area contributed by atoms with Crippen LogP contribution in [0.5, 0.6) is 11.5 Å². The molecule has 0 spiro atoms. The van der Waals surface area contributed by atoms with Crippen molar-refractivity contribution in [3.63, 3.8) is 0 Å². The first kappa shape index (κ1) is 22.2. The van der Waals surface area contributed by atoms with Gasteiger partial charge in [0.05, 0.1) is 5.56 Å². The van der Waals surface area contributed by atoms with E-state index in [1.54, 1.807) is 48.5 Å². The zero-order valence-electron chi connectivity index (χ0n) is 17.5. The van der Waals surface area contributed by atoms with E-state index in [9.17, 15) is 9.18 Å². The Hall–Kier alpha value is -3.14. The number of rotatable bonds is 4. The summed E-state index contributed by atoms with van der Waals surface area (Å²) in [4.78, 5) is 12.3. The van der Waals surface area contributed by atoms with Crippen molar-refractivity contribution in [2.45, 2.75) is 40.2 Å². The van der Waals surface area contributed by atoms with Crippen LogP contribution in [0.3, 0.4) is 0 Å². The van der Waals surface area contributed by atoms with Gasteiger partial charge in [0, 0.05) is 0 Å². The van der Waals surface area contributed by atoms with Gasteiger partial charge in [-0.1, -0.05) is 38.1 Å². The molecule has 0 fully saturated rings. The molecule has 3 rings (SSSR count). The van der Waals surface area contributed by atoms with Crippen LogP contribution in [0.1, 0.15) is 45.0 Å². The lowest BCUT2D eigenvalue weighted by Crippen LogP contribution is -2.22. The fraction of sp³-hybridized carbons (Fsp3) is 0.240. The average Bonchev–Trinajstić information content (AvgIpc) is 2.70. The number of hydrogen-bond donors (Lipinski definition) is 0. The molecule has 0 N–H and O–H groups in total. The Morgan fingerprint density at radius 1 is 0.724 bits per heavy atom. The van der Waals surface area contributed by atoms with E-state index in [0.717, 1.165) is 11.1 Å². The van der Waals surface area contributed by atoms with Crippen molar-refractivity contribution in [2.24, 2.45) is 0 Å². The molecule has 0 unspecified atom stereocenters. The maximum atomic E-state index is 13.0. The van der Waals surface area contributed by atoms with Crippen LogP contribution in [0.2, 0.25) is 0 Å². The molecule has 0 heterocycles. The Balaban J connectivity index is 0.00000145. The van der Waals surface area contributed by atoms with Crippen LogP contribution in [0, 0.1) is 5.82 Å². The fourth-order valence-electron chi connectivity index (χ4n) is 2.54. The number of carbonyl (C=O) groups excluding carboxylic acids is 1. The molecule has 0 aliphatic carbocycles. The van der Waals surface area contributed by atoms with Gasteiger partial charge in [0.1, 0.15) is 22.9 Å². The Bertz CT molecular complexity index is 906. The average molecular weight is 394 g/mol. The van der Waals surface area contributed by atoms with Crippen LogP contribution < -0.4 is 9.47 Å². The Morgan fingerprint density at radius 2 is 1.17 bits per heavy atom. The third-order valence-electron chi connectivity index (χ3n) is 3.76. The molecule has 0 aliphatic rings. The molecule has 0 radical (unpaired) electrons. The molecule has 0 saturated heterocycles. The highest BCUT2D eigenvalue weighted by molar-refractivity contribution is 5.91. The zero-order valence-corrected chi connectivity index (χ0v) is 17.5. The molecule has 0 atom stereocenters. The lowest BCUT2D eigenvalue weighted by molar-refractivity contribution is 0.0734. The molecule has 0 saturated carbocycles. The van der Waals surface area contributed by atoms with Crippen LogP contribution in [0.4, 0.5) is 4.39 Å². The lowest BCUT2D eigenvalue weighted by Gasteiger charge is -2.21. The molecular weight excluding hydrogens is 367 g/mol. The zero-order chi connectivity index (χ0) is 21.4. The quantitative estimate of drug-likeness (QED) is 0.356. The summed E-state index contributed by atoms with van der Waals surface area (Å²) in [6, 6.07) is 20.2. The SMILES string of the molecule is CC.CC(C)(C)Oc1ccc(C(=O)Oc2ccc(-c3ccc(F)cc3)cc2)cc1. The summed E-state index contributed by atoms with van der Waals surface area (Å²) in [6.07, 6.45) is 0. The first-order valence-corrected chi connectivity index (χ1v) is 9.67. The summed E-state index contributed by atoms with van der Waals surface area (Å²) in [6.45, 7) is 9.89. The second kappa shape index (κ2) is 9.87. The molecule has 0 bridgehead atoms. The Morgan fingerprint density at radius 3 is 1.66 bits per heavy atom. The number of halogens is 1. The van der Waals surface area contributed by atoms with Crippen molar-refractivity contribution in [1.29, 1.82) is 0 Å². The molecule has 3 aromatic rings. The predicted octanol–water partition coefficient (Wildman–Crippen LogP) is 6.92. The summed E-state index contributed by atoms with van der Waals surface area (Å²) in [7, 11) is 0. The van der Waals surface area contributed by atoms with Crippen LogP contribution in [-0.2, 0) is 0 Å². The van der Waals surface area contributed by atoms with E-state index in [4.69, 9.17) is 9.47 Å². The first-order valence-electron chi connectivity index (χ1n) is 9.67. The maximum Gasteiger partial charge on any atom is 0.343 e. The Labute approximate surface area is 172 Å². The predicted molar refractivity (Wildman–Crippen MR) is 115 cm³/mol. The van der Waals surface area contributed by atoms with Gasteiger partial charge in [0.15, 0.2) is 0 Å². The van der Waals surface area contributed by atoms with Crippen LogP contribution >= 0.6 is 0 Å². The third-order valence-corrected chi connectivity index (χ3v) is 3.76. The number of esters is 1. The van der Waals surface area contributed by atoms with Crippen molar-refractivity contribution in [1.82, 2.24) is 0 Å². The van der Waals surface area contributed by atoms with E-state index in [2.05, 4.69) is 0 Å². The number of carbonyl (C=O) groups is 1. The van der Waals surface area contributed by atoms with Crippen molar-refractivity contribution in [3.05, 3.63) is 84.2 Å². The molecular formula is C25H27FO3. The molecule has 3 nitrogen and oxygen atoms in total. The van der Waals surface area contributed by atoms with E-state index in [-0.39, 0.29) is 11.4 Å². The minimum Gasteiger partial charge on any atom is -0.488 e. The van der Waals surface area contributed by atoms with Crippen LogP contribution in [-0.4, -0.2) is 11.6 Å². The number of ether oxygens (including phenoxy) is 2. The van der Waals surface area contributed by atoms with Gasteiger partial charge < -0.3 is 9.47 Å². The van der Waals surface area contributed by atoms with Crippen LogP contribution in [0.15, 0.2) is 72.8 Å². The van der Waals surface area contributed by atoms with Gasteiger partial charge in [-0.25, -0.2) is 9.18 Å². The van der Waals surface area contributed by atoms with Gasteiger partial charge >= 0.3 is 5.97 Å². The summed E-state index contributed by atoms with van der Waals surface area (Å²) < 4.78 is 24.2. The summed E-state index contributed by atoms with van der Waals surface area (Å²) in [5.41, 5.74) is 1.95. The van der Waals surface area contributed by atoms with Gasteiger partial charge in [-0.2, -0.15) is 0 Å². The monoisotopic (exact) mass is 394 g/mol. The molecule has 0 aromatic heterocycles. The molecule has 29 heavy (non-hydrogen) atoms. The standard InChI is InChI=1S/C23H21FO3.C2H6/c1-23(2,3)27-21-14-8-18(9-15-21)22(25)26-20-12-6-17(7-13-20)16-4-10-19(24)11-5-16;1-2/h4-15H,1-3H3;1-2H3. The van der Waals surface area contributed by atoms with E-state index < -0.39 is 5.97 Å². The van der Waals surface area contributed by atoms with Crippen molar-refractivity contribution in [3.8, 4) is 22.6 Å². The van der Waals surface area contributed by atoms with Crippen LogP contribution in [0.25, 0.3) is 11.1 Å². The Kier molecular flexibility index (Phi) is 7.54. The van der Waals surface area contributed by atoms with Gasteiger partial charge in [-0.3, -0.25) is 0 Å². The highest BCUT2D eigenvalue weighted by atomic mass is 19.1. The van der Waals surface area contributed by atoms with Crippen molar-refractivity contribution < 1.29 is 18.7 Å². The minimum atomic E-state index is -0.438. The molecule has 3 aromatic carbocycles. The fourth-order valence-corrected chi connectivity index (χ4v) is 2.54. The summed E-state index contributed by atoms with van der Waals surface area (Å²) >= 11 is 0. The molecule has 0 amide bonds. The summed E-state index contributed by atoms with van der Waals surface area (Å²) in [5.74, 6) is 0.429. The van der Waals surface area contributed by atoms with Gasteiger partial charge in [0.2, 0.25) is 0 Å². The smallest absolute Gasteiger partial charge is 0.343 e. The second-order valence-corrected chi connectivity index (χ2v) is 7.16. The van der Waals surface area contributed by atoms with E-state index in [1.807, 2.05) is 46.8 Å². The van der Waals surface area contributed by atoms with Gasteiger partial charge in [-0.15, -0.1) is 0 Å². The van der Waals surface area contributed by atoms with E-state index >= 15 is 0 Å². The highest BCUT2D eigenvalue weighted by Gasteiger charge is 2.13. The van der Waals surface area contributed by atoms with E-state index in [0.29, 0.717) is 17.1 Å². The van der Waals surface area contributed by atoms with Crippen molar-refractivity contribution >= 4 is 5.97 Å². The second-order valence-electron chi connectivity index (χ2n) is 7.16. The molecule has 152 valence electrons. The minimum absolute atomic E-state index is 0.275. The van der Waals surface area contributed by atoms with Crippen molar-refractivity contribution in [2.75, 3.05) is 0 Å². The third kappa shape index (κ3) is 6.75. The van der Waals surface area contributed by atoms with Gasteiger partial charge in [0.25, 0.3) is 0 Å². The highest BCUT2D eigenvalue weighted by Crippen LogP contribution is 2.24. The summed E-state index contributed by atoms with van der Waals surface area (Å²) in [5, 5.41) is 0. The maximum absolute atomic E-state index is 13.0. The lowest BCUT2D eigenvalue weighted by atomic mass is 10.1. The normalized spacial score (nSPS) is 10.6. The van der Waals surface area contributed by atoms with Gasteiger partial charge in [-0.05, 0) is 80.4 Å². The molecule has 4 heteroatoms. The molecule has 0 aliphatic heterocycles. The topological polar surface area (TPSA) is 35.5 Å². The largest absolute Gasteiger partial charge is 0.488 e. The number of hydrogen-bond acceptors (Lipinski definition) is 3. The van der Waals surface area contributed by atoms with E-state index in [1.165, 1.54) is 12.1 Å². The first-order chi connectivity index (χ1) is 13.8. The number of benzene rings is 3.